The van der Waals surface area contributed by atoms with E-state index < -0.39 is 0 Å². The van der Waals surface area contributed by atoms with Crippen molar-refractivity contribution in [2.45, 2.75) is 73.1 Å². The molecule has 0 saturated heterocycles. The normalized spacial score (nSPS) is 20.4. The maximum Gasteiger partial charge on any atom is 0.0231 e. The van der Waals surface area contributed by atoms with E-state index in [2.05, 4.69) is 156 Å². The average molecular weight is 506 g/mol. The maximum absolute atomic E-state index is 3.90. The minimum atomic E-state index is 0.233. The van der Waals surface area contributed by atoms with Crippen molar-refractivity contribution < 1.29 is 0 Å². The van der Waals surface area contributed by atoms with Crippen molar-refractivity contribution in [3.05, 3.63) is 155 Å². The molecule has 1 aliphatic rings. The first-order chi connectivity index (χ1) is 18.4. The minimum absolute atomic E-state index is 0.233. The third-order valence-electron chi connectivity index (χ3n) is 6.70. The van der Waals surface area contributed by atoms with E-state index in [-0.39, 0.29) is 5.92 Å². The Kier molecular flexibility index (Phi) is 13.7. The first-order valence-corrected chi connectivity index (χ1v) is 14.0. The topological polar surface area (TPSA) is 3.24 Å². The molecular weight excluding hydrogens is 458 g/mol. The lowest BCUT2D eigenvalue weighted by molar-refractivity contribution is 0.477. The Morgan fingerprint density at radius 1 is 1.03 bits per heavy atom. The molecule has 1 unspecified atom stereocenters. The lowest BCUT2D eigenvalue weighted by atomic mass is 9.90. The number of hydrogen-bond acceptors (Lipinski definition) is 1. The van der Waals surface area contributed by atoms with Crippen molar-refractivity contribution in [2.75, 3.05) is 0 Å². The summed E-state index contributed by atoms with van der Waals surface area (Å²) in [6.07, 6.45) is 32.8. The molecule has 1 atom stereocenters. The number of benzene rings is 1. The molecule has 0 radical (unpaired) electrons. The van der Waals surface area contributed by atoms with Gasteiger partial charge in [0, 0.05) is 23.0 Å². The summed E-state index contributed by atoms with van der Waals surface area (Å²) in [6, 6.07) is 10.7. The number of nitrogens with zero attached hydrogens (tertiary/aromatic N) is 1. The van der Waals surface area contributed by atoms with Gasteiger partial charge >= 0.3 is 0 Å². The average Bonchev–Trinajstić information content (AvgIpc) is 2.92. The van der Waals surface area contributed by atoms with Crippen molar-refractivity contribution in [3.8, 4) is 0 Å². The van der Waals surface area contributed by atoms with E-state index in [4.69, 9.17) is 0 Å². The minimum Gasteiger partial charge on any atom is -0.322 e. The van der Waals surface area contributed by atoms with Gasteiger partial charge in [-0.25, -0.2) is 0 Å². The second kappa shape index (κ2) is 17.0. The van der Waals surface area contributed by atoms with Gasteiger partial charge in [0.1, 0.15) is 0 Å². The molecule has 38 heavy (non-hydrogen) atoms. The van der Waals surface area contributed by atoms with Crippen molar-refractivity contribution in [1.29, 1.82) is 0 Å². The Balaban J connectivity index is 2.50. The van der Waals surface area contributed by atoms with Gasteiger partial charge in [0.2, 0.25) is 0 Å². The Bertz CT molecular complexity index is 1170. The fraction of sp³-hybridized carbons (Fsp3) is 0.297. The van der Waals surface area contributed by atoms with Crippen molar-refractivity contribution in [1.82, 2.24) is 4.90 Å². The molecule has 0 aliphatic heterocycles. The molecule has 0 fully saturated rings. The van der Waals surface area contributed by atoms with Crippen LogP contribution in [0.15, 0.2) is 150 Å². The summed E-state index contributed by atoms with van der Waals surface area (Å²) in [6.45, 7) is 16.9. The Hall–Kier alpha value is -3.58. The van der Waals surface area contributed by atoms with Gasteiger partial charge in [-0.05, 0) is 77.2 Å². The van der Waals surface area contributed by atoms with E-state index in [9.17, 15) is 0 Å². The van der Waals surface area contributed by atoms with Gasteiger partial charge in [0.15, 0.2) is 0 Å². The number of rotatable bonds is 12. The van der Waals surface area contributed by atoms with Crippen molar-refractivity contribution in [3.63, 3.8) is 0 Å². The van der Waals surface area contributed by atoms with E-state index in [0.717, 1.165) is 31.3 Å². The van der Waals surface area contributed by atoms with Crippen LogP contribution in [0.3, 0.4) is 0 Å². The highest BCUT2D eigenvalue weighted by Crippen LogP contribution is 2.29. The van der Waals surface area contributed by atoms with Crippen LogP contribution < -0.4 is 0 Å². The molecule has 1 heteroatoms. The summed E-state index contributed by atoms with van der Waals surface area (Å²) in [5.74, 6) is 0.233. The van der Waals surface area contributed by atoms with Crippen LogP contribution >= 0.6 is 0 Å². The monoisotopic (exact) mass is 505 g/mol. The van der Waals surface area contributed by atoms with Gasteiger partial charge < -0.3 is 4.90 Å². The zero-order valence-corrected chi connectivity index (χ0v) is 24.5. The van der Waals surface area contributed by atoms with Crippen molar-refractivity contribution >= 4 is 0 Å². The zero-order chi connectivity index (χ0) is 27.8. The van der Waals surface area contributed by atoms with E-state index in [1.54, 1.807) is 0 Å². The largest absolute Gasteiger partial charge is 0.322 e. The Morgan fingerprint density at radius 2 is 1.79 bits per heavy atom. The molecular formula is C37H47N. The van der Waals surface area contributed by atoms with Gasteiger partial charge in [-0.15, -0.1) is 0 Å². The highest BCUT2D eigenvalue weighted by atomic mass is 15.2. The summed E-state index contributed by atoms with van der Waals surface area (Å²) in [5.41, 5.74) is 8.90. The molecule has 0 heterocycles. The molecule has 0 bridgehead atoms. The molecule has 0 N–H and O–H groups in total. The predicted octanol–water partition coefficient (Wildman–Crippen LogP) is 11.1. The van der Waals surface area contributed by atoms with E-state index in [1.165, 1.54) is 33.8 Å². The second-order valence-corrected chi connectivity index (χ2v) is 9.74. The smallest absolute Gasteiger partial charge is 0.0231 e. The van der Waals surface area contributed by atoms with E-state index in [0.29, 0.717) is 0 Å². The fourth-order valence-electron chi connectivity index (χ4n) is 4.50. The quantitative estimate of drug-likeness (QED) is 0.255. The van der Waals surface area contributed by atoms with Crippen LogP contribution in [0.5, 0.6) is 0 Å². The van der Waals surface area contributed by atoms with Gasteiger partial charge in [-0.3, -0.25) is 0 Å². The highest BCUT2D eigenvalue weighted by Gasteiger charge is 2.16. The fourth-order valence-corrected chi connectivity index (χ4v) is 4.50. The van der Waals surface area contributed by atoms with E-state index in [1.807, 2.05) is 6.08 Å². The molecule has 1 nitrogen and oxygen atoms in total. The molecule has 200 valence electrons. The third-order valence-corrected chi connectivity index (χ3v) is 6.70. The third kappa shape index (κ3) is 9.71. The van der Waals surface area contributed by atoms with Gasteiger partial charge in [-0.2, -0.15) is 0 Å². The molecule has 0 amide bonds. The molecule has 0 saturated carbocycles. The molecule has 0 spiro atoms. The van der Waals surface area contributed by atoms with Crippen LogP contribution in [0.25, 0.3) is 0 Å². The van der Waals surface area contributed by atoms with Crippen LogP contribution in [-0.2, 0) is 0 Å². The first kappa shape index (κ1) is 30.6. The lowest BCUT2D eigenvalue weighted by Crippen LogP contribution is -2.21. The highest BCUT2D eigenvalue weighted by molar-refractivity contribution is 5.42. The second-order valence-electron chi connectivity index (χ2n) is 9.74. The van der Waals surface area contributed by atoms with Crippen molar-refractivity contribution in [2.24, 2.45) is 0 Å². The molecule has 0 aromatic heterocycles. The van der Waals surface area contributed by atoms with Crippen LogP contribution in [0.4, 0.5) is 0 Å². The molecule has 1 aliphatic carbocycles. The lowest BCUT2D eigenvalue weighted by Gasteiger charge is -2.31. The van der Waals surface area contributed by atoms with Crippen LogP contribution in [0, 0.1) is 0 Å². The molecule has 1 aromatic carbocycles. The number of hydrogen-bond donors (Lipinski definition) is 0. The summed E-state index contributed by atoms with van der Waals surface area (Å²) >= 11 is 0. The van der Waals surface area contributed by atoms with Crippen LogP contribution in [0.1, 0.15) is 78.7 Å². The van der Waals surface area contributed by atoms with Gasteiger partial charge in [-0.1, -0.05) is 128 Å². The SMILES string of the molecule is C=C/C(C)=C\C=C(/C)N(/C(=C/C)CCC)/C1=C/C=C(/C=C\C(/C(C)=C/C=C\C)c2ccccc2)\C=C/CC1. The van der Waals surface area contributed by atoms with Crippen LogP contribution in [-0.4, -0.2) is 4.90 Å². The summed E-state index contributed by atoms with van der Waals surface area (Å²) < 4.78 is 0. The predicted molar refractivity (Wildman–Crippen MR) is 170 cm³/mol. The zero-order valence-electron chi connectivity index (χ0n) is 24.5. The Labute approximate surface area is 233 Å². The first-order valence-electron chi connectivity index (χ1n) is 14.0. The molecule has 1 aromatic rings. The number of allylic oxidation sites excluding steroid dienone is 19. The standard InChI is InChI=1S/C37H47N/c1-8-12-19-31(6)37(34-21-14-13-15-22-34)29-27-33-20-16-17-23-36(28-26-33)38(35(11-4)18-9-2)32(7)25-24-30(5)10-3/h8,10-16,19-22,24-29,37H,3,9,17-18,23H2,1-2,4-7H3/b12-8-,20-16-,29-27-,30-24-,31-19+,32-25+,33-26+,35-11+,36-28+. The van der Waals surface area contributed by atoms with Gasteiger partial charge in [0.25, 0.3) is 0 Å². The van der Waals surface area contributed by atoms with Crippen LogP contribution in [0.2, 0.25) is 0 Å². The summed E-state index contributed by atoms with van der Waals surface area (Å²) in [4.78, 5) is 2.45. The van der Waals surface area contributed by atoms with E-state index >= 15 is 0 Å². The maximum atomic E-state index is 3.90. The summed E-state index contributed by atoms with van der Waals surface area (Å²) in [7, 11) is 0. The molecule has 2 rings (SSSR count). The Morgan fingerprint density at radius 3 is 2.45 bits per heavy atom. The van der Waals surface area contributed by atoms with Gasteiger partial charge in [0.05, 0.1) is 0 Å². The summed E-state index contributed by atoms with van der Waals surface area (Å²) in [5, 5.41) is 0.